The van der Waals surface area contributed by atoms with E-state index in [4.69, 9.17) is 10.6 Å². The molecule has 0 fully saturated rings. The molecule has 9 nitrogen and oxygen atoms in total. The van der Waals surface area contributed by atoms with Gasteiger partial charge >= 0.3 is 6.03 Å². The molecule has 1 aromatic heterocycles. The van der Waals surface area contributed by atoms with E-state index in [0.717, 1.165) is 28.6 Å². The first-order valence-electron chi connectivity index (χ1n) is 8.86. The van der Waals surface area contributed by atoms with Crippen molar-refractivity contribution in [3.8, 4) is 5.75 Å². The Kier molecular flexibility index (Phi) is 7.68. The number of ether oxygens (including phenoxy) is 1. The molecule has 0 spiro atoms. The number of carbonyl (C=O) groups excluding carboxylic acids is 2. The summed E-state index contributed by atoms with van der Waals surface area (Å²) in [5, 5.41) is 13.2. The van der Waals surface area contributed by atoms with Crippen LogP contribution in [0.5, 0.6) is 5.75 Å². The monoisotopic (exact) mass is 406 g/mol. The van der Waals surface area contributed by atoms with Crippen molar-refractivity contribution >= 4 is 23.7 Å². The minimum absolute atomic E-state index is 0.0115. The van der Waals surface area contributed by atoms with Crippen LogP contribution in [-0.2, 0) is 11.4 Å². The van der Waals surface area contributed by atoms with E-state index < -0.39 is 11.9 Å². The quantitative estimate of drug-likeness (QED) is 0.451. The van der Waals surface area contributed by atoms with Crippen LogP contribution in [0.1, 0.15) is 30.8 Å². The number of hydrogen-bond acceptors (Lipinski definition) is 7. The van der Waals surface area contributed by atoms with E-state index in [1.165, 1.54) is 4.68 Å². The average molecular weight is 407 g/mol. The van der Waals surface area contributed by atoms with E-state index in [9.17, 15) is 9.59 Å². The first-order chi connectivity index (χ1) is 13.3. The standard InChI is InChI=1S/C18H26N6O3S/c1-11(2)8-20-17(26)21-16(25)10-28-18-23-22-15(24(18)19)9-27-14-6-5-12(3)7-13(14)4/h5-7,11H,8-10,19H2,1-4H3,(H2,20,21,25,26). The molecule has 4 N–H and O–H groups in total. The second kappa shape index (κ2) is 9.98. The molecule has 0 unspecified atom stereocenters. The number of thioether (sulfide) groups is 1. The predicted octanol–water partition coefficient (Wildman–Crippen LogP) is 1.76. The summed E-state index contributed by atoms with van der Waals surface area (Å²) >= 11 is 1.09. The van der Waals surface area contributed by atoms with Gasteiger partial charge in [-0.3, -0.25) is 10.1 Å². The number of rotatable bonds is 8. The summed E-state index contributed by atoms with van der Waals surface area (Å²) in [7, 11) is 0. The van der Waals surface area contributed by atoms with E-state index in [1.54, 1.807) is 0 Å². The molecule has 0 bridgehead atoms. The van der Waals surface area contributed by atoms with Crippen LogP contribution in [0.4, 0.5) is 4.79 Å². The van der Waals surface area contributed by atoms with Gasteiger partial charge in [-0.25, -0.2) is 9.47 Å². The van der Waals surface area contributed by atoms with E-state index in [2.05, 4.69) is 20.8 Å². The first-order valence-corrected chi connectivity index (χ1v) is 9.84. The van der Waals surface area contributed by atoms with E-state index in [-0.39, 0.29) is 12.4 Å². The molecule has 2 aromatic rings. The van der Waals surface area contributed by atoms with Crippen molar-refractivity contribution in [3.63, 3.8) is 0 Å². The molecule has 0 atom stereocenters. The number of nitrogen functional groups attached to an aromatic ring is 1. The van der Waals surface area contributed by atoms with Crippen LogP contribution in [0.2, 0.25) is 0 Å². The minimum Gasteiger partial charge on any atom is -0.485 e. The highest BCUT2D eigenvalue weighted by atomic mass is 32.2. The molecule has 0 saturated carbocycles. The van der Waals surface area contributed by atoms with Crippen molar-refractivity contribution in [1.82, 2.24) is 25.5 Å². The number of benzene rings is 1. The van der Waals surface area contributed by atoms with Crippen molar-refractivity contribution in [1.29, 1.82) is 0 Å². The zero-order chi connectivity index (χ0) is 20.7. The lowest BCUT2D eigenvalue weighted by Gasteiger charge is -2.09. The molecular weight excluding hydrogens is 380 g/mol. The number of hydrogen-bond donors (Lipinski definition) is 3. The molecule has 2 rings (SSSR count). The number of carbonyl (C=O) groups is 2. The number of nitrogens with two attached hydrogens (primary N) is 1. The predicted molar refractivity (Wildman–Crippen MR) is 108 cm³/mol. The fourth-order valence-electron chi connectivity index (χ4n) is 2.24. The lowest BCUT2D eigenvalue weighted by atomic mass is 10.1. The zero-order valence-corrected chi connectivity index (χ0v) is 17.3. The van der Waals surface area contributed by atoms with Gasteiger partial charge in [-0.2, -0.15) is 0 Å². The number of aryl methyl sites for hydroxylation is 2. The highest BCUT2D eigenvalue weighted by Crippen LogP contribution is 2.20. The Bertz CT molecular complexity index is 837. The molecule has 0 aliphatic heterocycles. The molecule has 152 valence electrons. The lowest BCUT2D eigenvalue weighted by molar-refractivity contribution is -0.117. The van der Waals surface area contributed by atoms with Gasteiger partial charge in [-0.15, -0.1) is 10.2 Å². The van der Waals surface area contributed by atoms with Gasteiger partial charge in [-0.05, 0) is 31.4 Å². The second-order valence-corrected chi connectivity index (χ2v) is 7.71. The van der Waals surface area contributed by atoms with Crippen LogP contribution in [0.15, 0.2) is 23.4 Å². The minimum atomic E-state index is -0.518. The SMILES string of the molecule is Cc1ccc(OCc2nnc(SCC(=O)NC(=O)NCC(C)C)n2N)c(C)c1. The molecule has 1 aromatic carbocycles. The first kappa shape index (κ1) is 21.5. The molecule has 0 saturated heterocycles. The Hall–Kier alpha value is -2.75. The number of imide groups is 1. The normalized spacial score (nSPS) is 10.8. The maximum atomic E-state index is 11.8. The summed E-state index contributed by atoms with van der Waals surface area (Å²) in [5.74, 6) is 7.00. The summed E-state index contributed by atoms with van der Waals surface area (Å²) in [6, 6.07) is 5.37. The zero-order valence-electron chi connectivity index (χ0n) is 16.5. The molecule has 0 aliphatic carbocycles. The van der Waals surface area contributed by atoms with Gasteiger partial charge in [0.05, 0.1) is 5.75 Å². The highest BCUT2D eigenvalue weighted by Gasteiger charge is 2.14. The number of aromatic nitrogens is 3. The van der Waals surface area contributed by atoms with Gasteiger partial charge in [-0.1, -0.05) is 43.3 Å². The Morgan fingerprint density at radius 2 is 2.04 bits per heavy atom. The van der Waals surface area contributed by atoms with Gasteiger partial charge in [0.2, 0.25) is 11.1 Å². The van der Waals surface area contributed by atoms with Gasteiger partial charge < -0.3 is 15.9 Å². The number of nitrogens with one attached hydrogen (secondary N) is 2. The van der Waals surface area contributed by atoms with Crippen LogP contribution in [0.25, 0.3) is 0 Å². The van der Waals surface area contributed by atoms with Crippen molar-refractivity contribution < 1.29 is 14.3 Å². The topological polar surface area (TPSA) is 124 Å². The summed E-state index contributed by atoms with van der Waals surface area (Å²) in [6.07, 6.45) is 0. The summed E-state index contributed by atoms with van der Waals surface area (Å²) in [6.45, 7) is 8.56. The van der Waals surface area contributed by atoms with Crippen LogP contribution < -0.4 is 21.2 Å². The molecule has 10 heteroatoms. The number of urea groups is 1. The maximum absolute atomic E-state index is 11.8. The molecule has 1 heterocycles. The summed E-state index contributed by atoms with van der Waals surface area (Å²) < 4.78 is 7.03. The number of amides is 3. The molecule has 0 radical (unpaired) electrons. The third-order valence-electron chi connectivity index (χ3n) is 3.68. The second-order valence-electron chi connectivity index (χ2n) is 6.77. The third kappa shape index (κ3) is 6.45. The Morgan fingerprint density at radius 1 is 1.29 bits per heavy atom. The van der Waals surface area contributed by atoms with Gasteiger partial charge in [0, 0.05) is 6.54 Å². The maximum Gasteiger partial charge on any atom is 0.321 e. The third-order valence-corrected chi connectivity index (χ3v) is 4.62. The van der Waals surface area contributed by atoms with Gasteiger partial charge in [0.25, 0.3) is 0 Å². The summed E-state index contributed by atoms with van der Waals surface area (Å²) in [4.78, 5) is 23.4. The van der Waals surface area contributed by atoms with Crippen molar-refractivity contribution in [2.24, 2.45) is 5.92 Å². The molecular formula is C18H26N6O3S. The summed E-state index contributed by atoms with van der Waals surface area (Å²) in [5.41, 5.74) is 2.17. The van der Waals surface area contributed by atoms with Crippen LogP contribution >= 0.6 is 11.8 Å². The molecule has 0 aliphatic rings. The smallest absolute Gasteiger partial charge is 0.321 e. The Morgan fingerprint density at radius 3 is 2.71 bits per heavy atom. The van der Waals surface area contributed by atoms with E-state index >= 15 is 0 Å². The average Bonchev–Trinajstić information content (AvgIpc) is 2.97. The lowest BCUT2D eigenvalue weighted by Crippen LogP contribution is -2.41. The van der Waals surface area contributed by atoms with Gasteiger partial charge in [0.15, 0.2) is 5.82 Å². The van der Waals surface area contributed by atoms with Crippen LogP contribution in [0, 0.1) is 19.8 Å². The molecule has 28 heavy (non-hydrogen) atoms. The molecule has 3 amide bonds. The van der Waals surface area contributed by atoms with Crippen molar-refractivity contribution in [2.75, 3.05) is 18.1 Å². The van der Waals surface area contributed by atoms with Crippen molar-refractivity contribution in [2.45, 2.75) is 39.5 Å². The van der Waals surface area contributed by atoms with E-state index in [1.807, 2.05) is 45.9 Å². The van der Waals surface area contributed by atoms with E-state index in [0.29, 0.717) is 23.4 Å². The Labute approximate surface area is 168 Å². The largest absolute Gasteiger partial charge is 0.485 e. The fourth-order valence-corrected chi connectivity index (χ4v) is 2.92. The van der Waals surface area contributed by atoms with Crippen LogP contribution in [-0.4, -0.2) is 39.1 Å². The van der Waals surface area contributed by atoms with Gasteiger partial charge in [0.1, 0.15) is 12.4 Å². The Balaban J connectivity index is 1.83. The van der Waals surface area contributed by atoms with Crippen molar-refractivity contribution in [3.05, 3.63) is 35.2 Å². The fraction of sp³-hybridized carbons (Fsp3) is 0.444. The van der Waals surface area contributed by atoms with Crippen LogP contribution in [0.3, 0.4) is 0 Å². The number of nitrogens with zero attached hydrogens (tertiary/aromatic N) is 3. The highest BCUT2D eigenvalue weighted by molar-refractivity contribution is 7.99.